The monoisotopic (exact) mass is 328 g/mol. The second-order valence-electron chi connectivity index (χ2n) is 6.27. The highest BCUT2D eigenvalue weighted by Gasteiger charge is 2.09. The molecule has 5 nitrogen and oxygen atoms in total. The molecule has 130 valence electrons. The third kappa shape index (κ3) is 5.49. The van der Waals surface area contributed by atoms with Gasteiger partial charge in [0, 0.05) is 18.5 Å². The molecule has 2 rings (SSSR count). The lowest BCUT2D eigenvalue weighted by Crippen LogP contribution is -2.20. The van der Waals surface area contributed by atoms with Gasteiger partial charge in [-0.3, -0.25) is 9.78 Å². The van der Waals surface area contributed by atoms with Gasteiger partial charge in [0.2, 0.25) is 5.95 Å². The van der Waals surface area contributed by atoms with E-state index in [0.717, 1.165) is 55.6 Å². The topological polar surface area (TPSA) is 83.8 Å². The normalized spacial score (nSPS) is 10.8. The Morgan fingerprint density at radius 3 is 2.46 bits per heavy atom. The molecular weight excluding hydrogens is 300 g/mol. The molecule has 0 radical (unpaired) electrons. The Labute approximate surface area is 143 Å². The molecule has 1 heterocycles. The van der Waals surface area contributed by atoms with Crippen molar-refractivity contribution in [3.05, 3.63) is 57.0 Å². The van der Waals surface area contributed by atoms with Crippen LogP contribution in [0.3, 0.4) is 0 Å². The molecule has 0 bridgehead atoms. The number of benzene rings is 1. The summed E-state index contributed by atoms with van der Waals surface area (Å²) in [4.78, 5) is 19.7. The fourth-order valence-electron chi connectivity index (χ4n) is 2.64. The summed E-state index contributed by atoms with van der Waals surface area (Å²) in [6.45, 7) is 5.51. The highest BCUT2D eigenvalue weighted by atomic mass is 16.1. The van der Waals surface area contributed by atoms with Crippen LogP contribution in [0.2, 0.25) is 0 Å². The smallest absolute Gasteiger partial charge is 0.256 e. The summed E-state index contributed by atoms with van der Waals surface area (Å²) < 4.78 is 0. The fraction of sp³-hybridized carbons (Fsp3) is 0.474. The number of aryl methyl sites for hydroxylation is 2. The lowest BCUT2D eigenvalue weighted by atomic mass is 10.0. The zero-order valence-electron chi connectivity index (χ0n) is 14.7. The molecule has 24 heavy (non-hydrogen) atoms. The second kappa shape index (κ2) is 9.23. The van der Waals surface area contributed by atoms with Crippen molar-refractivity contribution in [3.8, 4) is 0 Å². The van der Waals surface area contributed by atoms with Gasteiger partial charge in [-0.05, 0) is 38.8 Å². The van der Waals surface area contributed by atoms with Gasteiger partial charge in [-0.15, -0.1) is 0 Å². The number of hydrogen-bond acceptors (Lipinski definition) is 4. The highest BCUT2D eigenvalue weighted by Crippen LogP contribution is 2.11. The lowest BCUT2D eigenvalue weighted by molar-refractivity contribution is 0.660. The fourth-order valence-corrected chi connectivity index (χ4v) is 2.64. The third-order valence-corrected chi connectivity index (χ3v) is 4.15. The Kier molecular flexibility index (Phi) is 7.00. The number of rotatable bonds is 9. The minimum absolute atomic E-state index is 0.0614. The maximum Gasteiger partial charge on any atom is 0.256 e. The molecule has 0 fully saturated rings. The van der Waals surface area contributed by atoms with Gasteiger partial charge >= 0.3 is 0 Å². The maximum atomic E-state index is 12.4. The Hall–Kier alpha value is -2.14. The van der Waals surface area contributed by atoms with Crippen molar-refractivity contribution in [2.24, 2.45) is 5.73 Å². The Bertz CT molecular complexity index is 692. The zero-order chi connectivity index (χ0) is 17.4. The molecule has 4 N–H and O–H groups in total. The minimum atomic E-state index is -0.0614. The van der Waals surface area contributed by atoms with E-state index in [4.69, 9.17) is 5.73 Å². The van der Waals surface area contributed by atoms with Crippen molar-refractivity contribution in [3.63, 3.8) is 0 Å². The van der Waals surface area contributed by atoms with Gasteiger partial charge in [0.15, 0.2) is 0 Å². The standard InChI is InChI=1S/C19H28N4O/c1-14-7-9-16(10-8-14)13-17-15(2)22-19(23-18(17)24)21-12-6-4-3-5-11-20/h7-10H,3-6,11-13,20H2,1-2H3,(H2,21,22,23,24). The molecule has 0 amide bonds. The predicted molar refractivity (Wildman–Crippen MR) is 99.6 cm³/mol. The first kappa shape index (κ1) is 18.2. The minimum Gasteiger partial charge on any atom is -0.356 e. The maximum absolute atomic E-state index is 12.4. The van der Waals surface area contributed by atoms with Gasteiger partial charge in [0.05, 0.1) is 5.69 Å². The van der Waals surface area contributed by atoms with Gasteiger partial charge in [-0.25, -0.2) is 4.98 Å². The molecule has 1 aromatic heterocycles. The van der Waals surface area contributed by atoms with Crippen molar-refractivity contribution < 1.29 is 0 Å². The SMILES string of the molecule is Cc1ccc(Cc2c(C)nc(NCCCCCCN)[nH]c2=O)cc1. The first-order valence-electron chi connectivity index (χ1n) is 8.69. The molecule has 0 saturated carbocycles. The molecule has 0 aliphatic heterocycles. The highest BCUT2D eigenvalue weighted by molar-refractivity contribution is 5.33. The van der Waals surface area contributed by atoms with E-state index in [1.54, 1.807) is 0 Å². The van der Waals surface area contributed by atoms with Crippen LogP contribution in [0.4, 0.5) is 5.95 Å². The number of nitrogens with zero attached hydrogens (tertiary/aromatic N) is 1. The lowest BCUT2D eigenvalue weighted by Gasteiger charge is -2.09. The van der Waals surface area contributed by atoms with Crippen LogP contribution in [0.5, 0.6) is 0 Å². The summed E-state index contributed by atoms with van der Waals surface area (Å²) in [5.74, 6) is 0.559. The third-order valence-electron chi connectivity index (χ3n) is 4.15. The van der Waals surface area contributed by atoms with Crippen LogP contribution in [0.15, 0.2) is 29.1 Å². The predicted octanol–water partition coefficient (Wildman–Crippen LogP) is 2.91. The zero-order valence-corrected chi connectivity index (χ0v) is 14.7. The number of H-pyrrole nitrogens is 1. The van der Waals surface area contributed by atoms with Crippen LogP contribution in [0, 0.1) is 13.8 Å². The first-order valence-corrected chi connectivity index (χ1v) is 8.69. The van der Waals surface area contributed by atoms with Gasteiger partial charge in [0.25, 0.3) is 5.56 Å². The number of aromatic nitrogens is 2. The molecule has 0 aliphatic carbocycles. The average Bonchev–Trinajstić information content (AvgIpc) is 2.56. The van der Waals surface area contributed by atoms with E-state index in [9.17, 15) is 4.79 Å². The molecule has 2 aromatic rings. The first-order chi connectivity index (χ1) is 11.6. The summed E-state index contributed by atoms with van der Waals surface area (Å²) in [5, 5.41) is 3.20. The molecule has 0 spiro atoms. The van der Waals surface area contributed by atoms with Crippen molar-refractivity contribution >= 4 is 5.95 Å². The van der Waals surface area contributed by atoms with Crippen LogP contribution in [-0.4, -0.2) is 23.1 Å². The van der Waals surface area contributed by atoms with E-state index in [1.165, 1.54) is 5.56 Å². The summed E-state index contributed by atoms with van der Waals surface area (Å²) in [6.07, 6.45) is 5.01. The van der Waals surface area contributed by atoms with Crippen LogP contribution in [0.25, 0.3) is 0 Å². The largest absolute Gasteiger partial charge is 0.356 e. The molecule has 5 heteroatoms. The number of nitrogens with two attached hydrogens (primary N) is 1. The van der Waals surface area contributed by atoms with E-state index in [-0.39, 0.29) is 5.56 Å². The van der Waals surface area contributed by atoms with E-state index in [0.29, 0.717) is 12.4 Å². The van der Waals surface area contributed by atoms with Crippen molar-refractivity contribution in [2.75, 3.05) is 18.4 Å². The molecule has 1 aromatic carbocycles. The van der Waals surface area contributed by atoms with Crippen molar-refractivity contribution in [1.29, 1.82) is 0 Å². The van der Waals surface area contributed by atoms with Crippen LogP contribution < -0.4 is 16.6 Å². The van der Waals surface area contributed by atoms with Crippen molar-refractivity contribution in [1.82, 2.24) is 9.97 Å². The molecule has 0 saturated heterocycles. The van der Waals surface area contributed by atoms with Crippen LogP contribution in [0.1, 0.15) is 48.1 Å². The molecule has 0 aliphatic rings. The Morgan fingerprint density at radius 2 is 1.79 bits per heavy atom. The molecule has 0 atom stereocenters. The van der Waals surface area contributed by atoms with E-state index < -0.39 is 0 Å². The number of unbranched alkanes of at least 4 members (excludes halogenated alkanes) is 3. The summed E-state index contributed by atoms with van der Waals surface area (Å²) in [5.41, 5.74) is 9.27. The van der Waals surface area contributed by atoms with Gasteiger partial charge in [-0.1, -0.05) is 42.7 Å². The van der Waals surface area contributed by atoms with Crippen molar-refractivity contribution in [2.45, 2.75) is 46.0 Å². The van der Waals surface area contributed by atoms with Crippen LogP contribution in [-0.2, 0) is 6.42 Å². The van der Waals surface area contributed by atoms with Crippen LogP contribution >= 0.6 is 0 Å². The summed E-state index contributed by atoms with van der Waals surface area (Å²) >= 11 is 0. The average molecular weight is 328 g/mol. The second-order valence-corrected chi connectivity index (χ2v) is 6.27. The summed E-state index contributed by atoms with van der Waals surface area (Å²) in [6, 6.07) is 8.24. The summed E-state index contributed by atoms with van der Waals surface area (Å²) in [7, 11) is 0. The molecular formula is C19H28N4O. The quantitative estimate of drug-likeness (QED) is 0.618. The van der Waals surface area contributed by atoms with E-state index >= 15 is 0 Å². The number of nitrogens with one attached hydrogen (secondary N) is 2. The number of hydrogen-bond donors (Lipinski definition) is 3. The van der Waals surface area contributed by atoms with Gasteiger partial charge < -0.3 is 11.1 Å². The Morgan fingerprint density at radius 1 is 1.08 bits per heavy atom. The number of aromatic amines is 1. The Balaban J connectivity index is 1.95. The van der Waals surface area contributed by atoms with Gasteiger partial charge in [0.1, 0.15) is 0 Å². The van der Waals surface area contributed by atoms with E-state index in [1.807, 2.05) is 6.92 Å². The molecule has 0 unspecified atom stereocenters. The van der Waals surface area contributed by atoms with E-state index in [2.05, 4.69) is 46.5 Å². The van der Waals surface area contributed by atoms with Gasteiger partial charge in [-0.2, -0.15) is 0 Å². The number of anilines is 1.